The van der Waals surface area contributed by atoms with Crippen LogP contribution in [-0.4, -0.2) is 11.9 Å². The van der Waals surface area contributed by atoms with Gasteiger partial charge < -0.3 is 9.47 Å². The molecule has 0 saturated heterocycles. The van der Waals surface area contributed by atoms with Gasteiger partial charge in [0.05, 0.1) is 23.3 Å². The number of halogens is 1. The highest BCUT2D eigenvalue weighted by Gasteiger charge is 2.11. The van der Waals surface area contributed by atoms with Crippen molar-refractivity contribution in [2.24, 2.45) is 0 Å². The van der Waals surface area contributed by atoms with Crippen LogP contribution in [0.25, 0.3) is 22.3 Å². The zero-order valence-electron chi connectivity index (χ0n) is 25.4. The first-order valence-corrected chi connectivity index (χ1v) is 15.2. The molecule has 45 heavy (non-hydrogen) atoms. The van der Waals surface area contributed by atoms with E-state index >= 15 is 0 Å². The van der Waals surface area contributed by atoms with Crippen molar-refractivity contribution in [3.63, 3.8) is 0 Å². The van der Waals surface area contributed by atoms with Crippen LogP contribution in [0.3, 0.4) is 0 Å². The van der Waals surface area contributed by atoms with Gasteiger partial charge in [-0.3, -0.25) is 9.59 Å². The lowest BCUT2D eigenvalue weighted by Gasteiger charge is -2.10. The average Bonchev–Trinajstić information content (AvgIpc) is 3.05. The molecule has 0 N–H and O–H groups in total. The molecule has 0 aliphatic heterocycles. The van der Waals surface area contributed by atoms with Crippen molar-refractivity contribution < 1.29 is 23.5 Å². The molecular weight excluding hydrogens is 567 g/mol. The summed E-state index contributed by atoms with van der Waals surface area (Å²) < 4.78 is 25.5. The highest BCUT2D eigenvalue weighted by atomic mass is 19.1. The summed E-state index contributed by atoms with van der Waals surface area (Å²) >= 11 is 0. The van der Waals surface area contributed by atoms with E-state index in [1.807, 2.05) is 43.3 Å². The van der Waals surface area contributed by atoms with Gasteiger partial charge in [-0.2, -0.15) is 10.5 Å². The van der Waals surface area contributed by atoms with Crippen molar-refractivity contribution in [2.45, 2.75) is 64.7 Å². The van der Waals surface area contributed by atoms with Crippen LogP contribution < -0.4 is 9.47 Å². The lowest BCUT2D eigenvalue weighted by atomic mass is 10.0. The molecule has 7 heteroatoms. The molecule has 0 atom stereocenters. The van der Waals surface area contributed by atoms with E-state index in [-0.39, 0.29) is 18.1 Å². The summed E-state index contributed by atoms with van der Waals surface area (Å²) in [6.45, 7) is 1.91. The fourth-order valence-corrected chi connectivity index (χ4v) is 4.98. The first-order chi connectivity index (χ1) is 21.9. The SMILES string of the molecule is Cc1cc(-c2ccc(C#N)cc2)ccc1OC(=O)CCCCCCCCCC(=O)Oc1ccc(-c2ccc(C#N)cc2)c(F)c1. The Morgan fingerprint density at radius 3 is 1.67 bits per heavy atom. The predicted octanol–water partition coefficient (Wildman–Crippen LogP) is 9.23. The van der Waals surface area contributed by atoms with E-state index in [9.17, 15) is 14.0 Å². The van der Waals surface area contributed by atoms with Crippen LogP contribution in [0.2, 0.25) is 0 Å². The van der Waals surface area contributed by atoms with Gasteiger partial charge in [-0.25, -0.2) is 4.39 Å². The molecule has 4 aromatic carbocycles. The molecule has 0 unspecified atom stereocenters. The van der Waals surface area contributed by atoms with Gasteiger partial charge in [-0.05, 0) is 90.6 Å². The largest absolute Gasteiger partial charge is 0.426 e. The van der Waals surface area contributed by atoms with E-state index in [4.69, 9.17) is 20.0 Å². The summed E-state index contributed by atoms with van der Waals surface area (Å²) in [6.07, 6.45) is 6.89. The van der Waals surface area contributed by atoms with Crippen molar-refractivity contribution in [2.75, 3.05) is 0 Å². The smallest absolute Gasteiger partial charge is 0.311 e. The van der Waals surface area contributed by atoms with Gasteiger partial charge in [0.2, 0.25) is 0 Å². The van der Waals surface area contributed by atoms with Crippen molar-refractivity contribution in [1.82, 2.24) is 0 Å². The summed E-state index contributed by atoms with van der Waals surface area (Å²) in [6, 6.07) is 28.2. The maximum Gasteiger partial charge on any atom is 0.311 e. The van der Waals surface area contributed by atoms with Crippen molar-refractivity contribution >= 4 is 11.9 Å². The van der Waals surface area contributed by atoms with Crippen molar-refractivity contribution in [3.8, 4) is 45.9 Å². The van der Waals surface area contributed by atoms with Crippen LogP contribution >= 0.6 is 0 Å². The van der Waals surface area contributed by atoms with Crippen molar-refractivity contribution in [1.29, 1.82) is 10.5 Å². The zero-order chi connectivity index (χ0) is 32.0. The second kappa shape index (κ2) is 16.5. The number of hydrogen-bond donors (Lipinski definition) is 0. The van der Waals surface area contributed by atoms with E-state index in [1.165, 1.54) is 6.07 Å². The molecule has 0 aliphatic rings. The second-order valence-corrected chi connectivity index (χ2v) is 10.9. The van der Waals surface area contributed by atoms with E-state index in [0.29, 0.717) is 40.8 Å². The number of carbonyl (C=O) groups excluding carboxylic acids is 2. The summed E-state index contributed by atoms with van der Waals surface area (Å²) in [5.41, 5.74) is 4.99. The number of ether oxygens (including phenoxy) is 2. The quantitative estimate of drug-likeness (QED) is 0.0810. The van der Waals surface area contributed by atoms with Gasteiger partial charge in [0.1, 0.15) is 17.3 Å². The number of nitriles is 2. The first-order valence-electron chi connectivity index (χ1n) is 15.2. The van der Waals surface area contributed by atoms with Crippen LogP contribution in [0.1, 0.15) is 74.5 Å². The fraction of sp³-hybridized carbons (Fsp3) is 0.263. The monoisotopic (exact) mass is 602 g/mol. The summed E-state index contributed by atoms with van der Waals surface area (Å²) in [5, 5.41) is 17.9. The minimum atomic E-state index is -0.497. The molecule has 6 nitrogen and oxygen atoms in total. The molecule has 0 saturated carbocycles. The van der Waals surface area contributed by atoms with Gasteiger partial charge in [-0.1, -0.05) is 62.4 Å². The van der Waals surface area contributed by atoms with Gasteiger partial charge in [0.15, 0.2) is 0 Å². The number of unbranched alkanes of at least 4 members (excludes halogenated alkanes) is 6. The van der Waals surface area contributed by atoms with E-state index in [2.05, 4.69) is 6.07 Å². The molecule has 0 aromatic heterocycles. The molecule has 0 amide bonds. The summed E-state index contributed by atoms with van der Waals surface area (Å²) in [4.78, 5) is 24.6. The highest BCUT2D eigenvalue weighted by molar-refractivity contribution is 5.74. The number of esters is 2. The highest BCUT2D eigenvalue weighted by Crippen LogP contribution is 2.28. The Balaban J connectivity index is 1.06. The van der Waals surface area contributed by atoms with Gasteiger partial charge >= 0.3 is 11.9 Å². The van der Waals surface area contributed by atoms with E-state index < -0.39 is 11.8 Å². The third-order valence-corrected chi connectivity index (χ3v) is 7.51. The molecule has 4 rings (SSSR count). The zero-order valence-corrected chi connectivity index (χ0v) is 25.4. The topological polar surface area (TPSA) is 100 Å². The normalized spacial score (nSPS) is 10.5. The average molecular weight is 603 g/mol. The minimum absolute atomic E-state index is 0.170. The molecular formula is C38H35FN2O4. The summed E-state index contributed by atoms with van der Waals surface area (Å²) in [7, 11) is 0. The molecule has 0 bridgehead atoms. The molecule has 0 radical (unpaired) electrons. The molecule has 0 fully saturated rings. The molecule has 0 spiro atoms. The second-order valence-electron chi connectivity index (χ2n) is 10.9. The van der Waals surface area contributed by atoms with Gasteiger partial charge in [0.25, 0.3) is 0 Å². The number of nitrogens with zero attached hydrogens (tertiary/aromatic N) is 2. The molecule has 0 aliphatic carbocycles. The van der Waals surface area contributed by atoms with Crippen molar-refractivity contribution in [3.05, 3.63) is 107 Å². The Labute approximate surface area is 263 Å². The third kappa shape index (κ3) is 9.88. The van der Waals surface area contributed by atoms with Gasteiger partial charge in [-0.15, -0.1) is 0 Å². The fourth-order valence-electron chi connectivity index (χ4n) is 4.98. The Morgan fingerprint density at radius 2 is 1.13 bits per heavy atom. The Hall–Kier alpha value is -5.27. The minimum Gasteiger partial charge on any atom is -0.426 e. The number of hydrogen-bond acceptors (Lipinski definition) is 6. The third-order valence-electron chi connectivity index (χ3n) is 7.51. The van der Waals surface area contributed by atoms with Crippen LogP contribution in [0.4, 0.5) is 4.39 Å². The van der Waals surface area contributed by atoms with Crippen LogP contribution in [0.15, 0.2) is 84.9 Å². The Bertz CT molecular complexity index is 1700. The molecule has 4 aromatic rings. The number of carbonyl (C=O) groups is 2. The summed E-state index contributed by atoms with van der Waals surface area (Å²) in [5.74, 6) is -0.405. The maximum atomic E-state index is 14.6. The number of benzene rings is 4. The maximum absolute atomic E-state index is 14.6. The first kappa shape index (κ1) is 32.6. The van der Waals surface area contributed by atoms with Crippen LogP contribution in [0, 0.1) is 35.4 Å². The molecule has 0 heterocycles. The number of rotatable bonds is 14. The van der Waals surface area contributed by atoms with Crippen LogP contribution in [-0.2, 0) is 9.59 Å². The Kier molecular flexibility index (Phi) is 12.0. The van der Waals surface area contributed by atoms with Gasteiger partial charge in [0, 0.05) is 24.5 Å². The Morgan fingerprint density at radius 1 is 0.622 bits per heavy atom. The molecule has 228 valence electrons. The lowest BCUT2D eigenvalue weighted by Crippen LogP contribution is -2.08. The van der Waals surface area contributed by atoms with E-state index in [0.717, 1.165) is 55.2 Å². The van der Waals surface area contributed by atoms with E-state index in [1.54, 1.807) is 48.5 Å². The standard InChI is InChI=1S/C38H35FN2O4/c1-27-23-32(30-15-11-28(25-40)12-16-30)19-22-36(27)45-38(43)10-8-6-4-2-3-5-7-9-37(42)44-33-20-21-34(35(39)24-33)31-17-13-29(26-41)14-18-31/h11-24H,2-10H2,1H3. The predicted molar refractivity (Wildman–Crippen MR) is 171 cm³/mol. The lowest BCUT2D eigenvalue weighted by molar-refractivity contribution is -0.135. The number of aryl methyl sites for hydroxylation is 1. The van der Waals surface area contributed by atoms with Crippen LogP contribution in [0.5, 0.6) is 11.5 Å².